The van der Waals surface area contributed by atoms with Crippen LogP contribution in [-0.2, 0) is 10.3 Å². The lowest BCUT2D eigenvalue weighted by Crippen LogP contribution is -2.52. The molecule has 1 fully saturated rings. The van der Waals surface area contributed by atoms with Gasteiger partial charge in [-0.2, -0.15) is 0 Å². The maximum absolute atomic E-state index is 13.2. The molecule has 0 aliphatic carbocycles. The van der Waals surface area contributed by atoms with E-state index in [9.17, 15) is 9.90 Å². The van der Waals surface area contributed by atoms with Gasteiger partial charge in [0.05, 0.1) is 17.8 Å². The van der Waals surface area contributed by atoms with Gasteiger partial charge in [0.2, 0.25) is 0 Å². The maximum Gasteiger partial charge on any atom is 0.253 e. The van der Waals surface area contributed by atoms with Crippen molar-refractivity contribution in [2.45, 2.75) is 84.2 Å². The first-order valence-electron chi connectivity index (χ1n) is 12.1. The Morgan fingerprint density at radius 1 is 1.15 bits per heavy atom. The Bertz CT molecular complexity index is 1030. The zero-order valence-electron chi connectivity index (χ0n) is 20.8. The summed E-state index contributed by atoms with van der Waals surface area (Å²) in [6.45, 7) is 13.0. The van der Waals surface area contributed by atoms with Crippen LogP contribution in [0.15, 0.2) is 36.4 Å². The summed E-state index contributed by atoms with van der Waals surface area (Å²) in [7, 11) is 0. The number of aryl methyl sites for hydroxylation is 2. The van der Waals surface area contributed by atoms with E-state index >= 15 is 0 Å². The number of nitrogens with zero attached hydrogens (tertiary/aromatic N) is 1. The number of hydrogen-bond acceptors (Lipinski definition) is 4. The molecule has 0 bridgehead atoms. The molecule has 1 saturated heterocycles. The van der Waals surface area contributed by atoms with E-state index in [-0.39, 0.29) is 23.7 Å². The third-order valence-corrected chi connectivity index (χ3v) is 6.93. The highest BCUT2D eigenvalue weighted by Crippen LogP contribution is 2.46. The predicted molar refractivity (Wildman–Crippen MR) is 130 cm³/mol. The Morgan fingerprint density at radius 2 is 1.85 bits per heavy atom. The van der Waals surface area contributed by atoms with E-state index in [2.05, 4.69) is 39.0 Å². The number of hydrogen-bond donors (Lipinski definition) is 1. The van der Waals surface area contributed by atoms with Crippen LogP contribution in [0, 0.1) is 13.8 Å². The summed E-state index contributed by atoms with van der Waals surface area (Å²) in [6, 6.07) is 11.9. The number of benzene rings is 2. The summed E-state index contributed by atoms with van der Waals surface area (Å²) in [6.07, 6.45) is 2.52. The second-order valence-electron chi connectivity index (χ2n) is 10.6. The maximum atomic E-state index is 13.2. The number of carbonyl (C=O) groups excluding carboxylic acids is 1. The van der Waals surface area contributed by atoms with Crippen molar-refractivity contribution in [2.75, 3.05) is 13.1 Å². The van der Waals surface area contributed by atoms with Crippen molar-refractivity contribution in [1.82, 2.24) is 4.90 Å². The van der Waals surface area contributed by atoms with E-state index in [1.54, 1.807) is 13.8 Å². The van der Waals surface area contributed by atoms with Crippen LogP contribution in [0.25, 0.3) is 0 Å². The topological polar surface area (TPSA) is 59.0 Å². The average Bonchev–Trinajstić information content (AvgIpc) is 2.73. The minimum absolute atomic E-state index is 0.00734. The number of aliphatic hydroxyl groups is 1. The van der Waals surface area contributed by atoms with Crippen LogP contribution in [0.4, 0.5) is 0 Å². The number of ether oxygens (including phenoxy) is 2. The molecule has 2 aliphatic heterocycles. The second kappa shape index (κ2) is 8.77. The summed E-state index contributed by atoms with van der Waals surface area (Å²) in [5.74, 6) is 0.951. The lowest BCUT2D eigenvalue weighted by atomic mass is 9.81. The van der Waals surface area contributed by atoms with Crippen LogP contribution >= 0.6 is 0 Å². The normalized spacial score (nSPS) is 20.0. The Labute approximate surface area is 197 Å². The van der Waals surface area contributed by atoms with Gasteiger partial charge in [-0.05, 0) is 76.9 Å². The molecule has 1 unspecified atom stereocenters. The van der Waals surface area contributed by atoms with Gasteiger partial charge in [0.15, 0.2) is 0 Å². The van der Waals surface area contributed by atoms with Crippen molar-refractivity contribution >= 4 is 5.91 Å². The Kier molecular flexibility index (Phi) is 6.32. The standard InChI is InChI=1S/C28H37NO4/c1-18(2)32-25-17-28(33-24-10-7-19(3)15-22(24)25)11-13-29(14-12-28)26(30)21-8-9-23(20(4)16-21)27(5,6)31/h7-10,15-16,18,25,31H,11-14,17H2,1-6H3. The SMILES string of the molecule is Cc1ccc2c(c1)C(OC(C)C)CC1(CCN(C(=O)c3ccc(C(C)(C)O)c(C)c3)CC1)O2. The fourth-order valence-electron chi connectivity index (χ4n) is 5.27. The molecule has 2 heterocycles. The molecule has 178 valence electrons. The molecule has 0 radical (unpaired) electrons. The fourth-order valence-corrected chi connectivity index (χ4v) is 5.27. The highest BCUT2D eigenvalue weighted by molar-refractivity contribution is 5.94. The summed E-state index contributed by atoms with van der Waals surface area (Å²) in [5, 5.41) is 10.3. The van der Waals surface area contributed by atoms with Gasteiger partial charge in [0.25, 0.3) is 5.91 Å². The minimum Gasteiger partial charge on any atom is -0.487 e. The second-order valence-corrected chi connectivity index (χ2v) is 10.6. The van der Waals surface area contributed by atoms with Crippen LogP contribution < -0.4 is 4.74 Å². The Balaban J connectivity index is 1.49. The van der Waals surface area contributed by atoms with Crippen molar-refractivity contribution in [1.29, 1.82) is 0 Å². The smallest absolute Gasteiger partial charge is 0.253 e. The first-order chi connectivity index (χ1) is 15.5. The van der Waals surface area contributed by atoms with Crippen LogP contribution in [0.5, 0.6) is 5.75 Å². The molecular weight excluding hydrogens is 414 g/mol. The monoisotopic (exact) mass is 451 g/mol. The quantitative estimate of drug-likeness (QED) is 0.671. The summed E-state index contributed by atoms with van der Waals surface area (Å²) >= 11 is 0. The van der Waals surface area contributed by atoms with Gasteiger partial charge in [-0.3, -0.25) is 4.79 Å². The zero-order valence-corrected chi connectivity index (χ0v) is 20.8. The molecule has 33 heavy (non-hydrogen) atoms. The molecule has 5 heteroatoms. The van der Waals surface area contributed by atoms with Gasteiger partial charge in [-0.25, -0.2) is 0 Å². The average molecular weight is 452 g/mol. The van der Waals surface area contributed by atoms with E-state index in [1.807, 2.05) is 30.0 Å². The first kappa shape index (κ1) is 23.8. The fraction of sp³-hybridized carbons (Fsp3) is 0.536. The highest BCUT2D eigenvalue weighted by Gasteiger charge is 2.44. The molecule has 2 aliphatic rings. The molecule has 0 saturated carbocycles. The van der Waals surface area contributed by atoms with Gasteiger partial charge in [-0.15, -0.1) is 0 Å². The van der Waals surface area contributed by atoms with E-state index in [4.69, 9.17) is 9.47 Å². The molecule has 4 rings (SSSR count). The van der Waals surface area contributed by atoms with Crippen molar-refractivity contribution in [3.05, 3.63) is 64.2 Å². The number of fused-ring (bicyclic) bond motifs is 1. The first-order valence-corrected chi connectivity index (χ1v) is 12.1. The molecule has 1 spiro atoms. The molecule has 5 nitrogen and oxygen atoms in total. The molecule has 2 aromatic rings. The number of likely N-dealkylation sites (tertiary alicyclic amines) is 1. The molecule has 2 aromatic carbocycles. The third kappa shape index (κ3) is 4.95. The van der Waals surface area contributed by atoms with E-state index < -0.39 is 5.60 Å². The number of carbonyl (C=O) groups is 1. The Hall–Kier alpha value is -2.37. The van der Waals surface area contributed by atoms with Crippen molar-refractivity contribution in [3.8, 4) is 5.75 Å². The molecule has 0 aromatic heterocycles. The molecule has 1 N–H and O–H groups in total. The zero-order chi connectivity index (χ0) is 24.0. The van der Waals surface area contributed by atoms with Crippen LogP contribution in [-0.4, -0.2) is 40.7 Å². The molecule has 1 amide bonds. The van der Waals surface area contributed by atoms with Crippen LogP contribution in [0.2, 0.25) is 0 Å². The van der Waals surface area contributed by atoms with Crippen LogP contribution in [0.1, 0.15) is 85.7 Å². The lowest BCUT2D eigenvalue weighted by Gasteiger charge is -2.47. The van der Waals surface area contributed by atoms with E-state index in [0.29, 0.717) is 18.7 Å². The number of amides is 1. The van der Waals surface area contributed by atoms with Gasteiger partial charge >= 0.3 is 0 Å². The van der Waals surface area contributed by atoms with E-state index in [1.165, 1.54) is 5.56 Å². The number of piperidine rings is 1. The van der Waals surface area contributed by atoms with Gasteiger partial charge in [0.1, 0.15) is 11.4 Å². The van der Waals surface area contributed by atoms with Gasteiger partial charge in [-0.1, -0.05) is 17.7 Å². The van der Waals surface area contributed by atoms with Gasteiger partial charge < -0.3 is 19.5 Å². The summed E-state index contributed by atoms with van der Waals surface area (Å²) in [5.41, 5.74) is 3.55. The van der Waals surface area contributed by atoms with E-state index in [0.717, 1.165) is 41.7 Å². The highest BCUT2D eigenvalue weighted by atomic mass is 16.5. The summed E-state index contributed by atoms with van der Waals surface area (Å²) in [4.78, 5) is 15.2. The van der Waals surface area contributed by atoms with Gasteiger partial charge in [0, 0.05) is 43.5 Å². The predicted octanol–water partition coefficient (Wildman–Crippen LogP) is 5.45. The largest absolute Gasteiger partial charge is 0.487 e. The van der Waals surface area contributed by atoms with Crippen molar-refractivity contribution in [2.24, 2.45) is 0 Å². The molecular formula is C28H37NO4. The number of rotatable bonds is 4. The lowest BCUT2D eigenvalue weighted by molar-refractivity contribution is -0.0872. The van der Waals surface area contributed by atoms with Crippen LogP contribution in [0.3, 0.4) is 0 Å². The molecule has 1 atom stereocenters. The minimum atomic E-state index is -0.926. The Morgan fingerprint density at radius 3 is 2.45 bits per heavy atom. The van der Waals surface area contributed by atoms with Crippen molar-refractivity contribution < 1.29 is 19.4 Å². The third-order valence-electron chi connectivity index (χ3n) is 6.93. The van der Waals surface area contributed by atoms with Crippen molar-refractivity contribution in [3.63, 3.8) is 0 Å². The summed E-state index contributed by atoms with van der Waals surface area (Å²) < 4.78 is 12.9.